The van der Waals surface area contributed by atoms with E-state index in [-0.39, 0.29) is 16.7 Å². The molecule has 0 rings (SSSR count). The first kappa shape index (κ1) is 12.2. The number of carbonyl (C=O) groups is 1. The molecule has 0 fully saturated rings. The molecule has 0 saturated heterocycles. The minimum atomic E-state index is -0.361. The molecular weight excluding hydrogens is 162 g/mol. The summed E-state index contributed by atoms with van der Waals surface area (Å²) in [5, 5.41) is 0. The lowest BCUT2D eigenvalue weighted by molar-refractivity contribution is -0.113. The molecule has 2 heteroatoms. The Morgan fingerprint density at radius 2 is 1.31 bits per heavy atom. The van der Waals surface area contributed by atoms with Crippen molar-refractivity contribution in [2.24, 2.45) is 16.6 Å². The van der Waals surface area contributed by atoms with Crippen LogP contribution in [0.5, 0.6) is 0 Å². The summed E-state index contributed by atoms with van der Waals surface area (Å²) in [6.45, 7) is 12.5. The van der Waals surface area contributed by atoms with Crippen LogP contribution in [0, 0.1) is 10.8 Å². The molecule has 0 aliphatic carbocycles. The molecule has 0 bridgehead atoms. The second-order valence-corrected chi connectivity index (χ2v) is 5.46. The molecule has 76 valence electrons. The summed E-state index contributed by atoms with van der Waals surface area (Å²) in [5.41, 5.74) is 6.25. The predicted molar refractivity (Wildman–Crippen MR) is 56.2 cm³/mol. The van der Waals surface area contributed by atoms with Crippen LogP contribution < -0.4 is 5.73 Å². The Labute approximate surface area is 81.2 Å². The molecule has 0 saturated carbocycles. The van der Waals surface area contributed by atoms with Gasteiger partial charge in [-0.1, -0.05) is 47.1 Å². The predicted octanol–water partition coefficient (Wildman–Crippen LogP) is 2.49. The Balaban J connectivity index is 5.13. The molecule has 13 heavy (non-hydrogen) atoms. The summed E-state index contributed by atoms with van der Waals surface area (Å²) in [5.74, 6) is -0.361. The summed E-state index contributed by atoms with van der Waals surface area (Å²) in [6.07, 6.45) is 1.56. The maximum Gasteiger partial charge on any atom is 0.241 e. The Bertz CT molecular complexity index is 209. The highest BCUT2D eigenvalue weighted by molar-refractivity contribution is 5.86. The van der Waals surface area contributed by atoms with E-state index in [1.54, 1.807) is 6.08 Å². The van der Waals surface area contributed by atoms with Gasteiger partial charge in [0.15, 0.2) is 0 Å². The van der Waals surface area contributed by atoms with E-state index in [1.165, 1.54) is 0 Å². The van der Waals surface area contributed by atoms with Gasteiger partial charge in [0.2, 0.25) is 5.91 Å². The highest BCUT2D eigenvalue weighted by Crippen LogP contribution is 2.38. The molecule has 2 nitrogen and oxygen atoms in total. The van der Waals surface area contributed by atoms with Crippen LogP contribution in [0.2, 0.25) is 0 Å². The average molecular weight is 183 g/mol. The standard InChI is InChI=1S/C11H21NO/c1-10(2,3)8(7-9(12)13)11(4,5)6/h7H,1-6H3,(H2,12,13). The molecule has 2 N–H and O–H groups in total. The van der Waals surface area contributed by atoms with Gasteiger partial charge >= 0.3 is 0 Å². The first-order chi connectivity index (χ1) is 5.55. The maximum atomic E-state index is 10.8. The van der Waals surface area contributed by atoms with Gasteiger partial charge in [-0.05, 0) is 10.8 Å². The van der Waals surface area contributed by atoms with Gasteiger partial charge in [0.05, 0.1) is 0 Å². The third-order valence-electron chi connectivity index (χ3n) is 1.90. The van der Waals surface area contributed by atoms with Crippen molar-refractivity contribution in [2.45, 2.75) is 41.5 Å². The van der Waals surface area contributed by atoms with Crippen LogP contribution in [-0.2, 0) is 4.79 Å². The van der Waals surface area contributed by atoms with Gasteiger partial charge in [0.1, 0.15) is 0 Å². The number of amides is 1. The molecule has 0 aromatic heterocycles. The van der Waals surface area contributed by atoms with Crippen molar-refractivity contribution in [3.8, 4) is 0 Å². The second kappa shape index (κ2) is 3.52. The largest absolute Gasteiger partial charge is 0.366 e. The average Bonchev–Trinajstić information content (AvgIpc) is 1.77. The van der Waals surface area contributed by atoms with Gasteiger partial charge in [0, 0.05) is 6.08 Å². The minimum Gasteiger partial charge on any atom is -0.366 e. The molecular formula is C11H21NO. The topological polar surface area (TPSA) is 43.1 Å². The SMILES string of the molecule is CC(C)(C)C(=CC(N)=O)C(C)(C)C. The molecule has 0 spiro atoms. The van der Waals surface area contributed by atoms with E-state index in [1.807, 2.05) is 0 Å². The summed E-state index contributed by atoms with van der Waals surface area (Å²) in [6, 6.07) is 0. The highest BCUT2D eigenvalue weighted by atomic mass is 16.1. The molecule has 0 aromatic rings. The second-order valence-electron chi connectivity index (χ2n) is 5.46. The zero-order valence-electron chi connectivity index (χ0n) is 9.56. The quantitative estimate of drug-likeness (QED) is 0.623. The molecule has 0 atom stereocenters. The Morgan fingerprint density at radius 3 is 1.38 bits per heavy atom. The maximum absolute atomic E-state index is 10.8. The van der Waals surface area contributed by atoms with Crippen LogP contribution in [0.1, 0.15) is 41.5 Å². The first-order valence-corrected chi connectivity index (χ1v) is 4.57. The fourth-order valence-electron chi connectivity index (χ4n) is 1.70. The highest BCUT2D eigenvalue weighted by Gasteiger charge is 2.28. The van der Waals surface area contributed by atoms with Crippen molar-refractivity contribution in [1.82, 2.24) is 0 Å². The summed E-state index contributed by atoms with van der Waals surface area (Å²) >= 11 is 0. The van der Waals surface area contributed by atoms with Crippen molar-refractivity contribution >= 4 is 5.91 Å². The van der Waals surface area contributed by atoms with E-state index in [2.05, 4.69) is 41.5 Å². The van der Waals surface area contributed by atoms with E-state index >= 15 is 0 Å². The molecule has 0 aromatic carbocycles. The lowest BCUT2D eigenvalue weighted by Crippen LogP contribution is -2.24. The van der Waals surface area contributed by atoms with Gasteiger partial charge < -0.3 is 5.73 Å². The third kappa shape index (κ3) is 4.11. The van der Waals surface area contributed by atoms with Crippen molar-refractivity contribution in [2.75, 3.05) is 0 Å². The lowest BCUT2D eigenvalue weighted by atomic mass is 9.72. The lowest BCUT2D eigenvalue weighted by Gasteiger charge is -2.33. The number of allylic oxidation sites excluding steroid dienone is 1. The third-order valence-corrected chi connectivity index (χ3v) is 1.90. The van der Waals surface area contributed by atoms with E-state index in [0.29, 0.717) is 0 Å². The number of rotatable bonds is 1. The number of hydrogen-bond acceptors (Lipinski definition) is 1. The van der Waals surface area contributed by atoms with Crippen LogP contribution in [0.3, 0.4) is 0 Å². The number of nitrogens with two attached hydrogens (primary N) is 1. The van der Waals surface area contributed by atoms with E-state index < -0.39 is 0 Å². The van der Waals surface area contributed by atoms with Crippen molar-refractivity contribution in [3.63, 3.8) is 0 Å². The van der Waals surface area contributed by atoms with Gasteiger partial charge in [-0.25, -0.2) is 0 Å². The molecule has 0 aliphatic rings. The summed E-state index contributed by atoms with van der Waals surface area (Å²) in [4.78, 5) is 10.8. The Kier molecular flexibility index (Phi) is 3.31. The number of carbonyl (C=O) groups excluding carboxylic acids is 1. The molecule has 0 aliphatic heterocycles. The smallest absolute Gasteiger partial charge is 0.241 e. The molecule has 0 heterocycles. The monoisotopic (exact) mass is 183 g/mol. The van der Waals surface area contributed by atoms with Gasteiger partial charge in [-0.3, -0.25) is 4.79 Å². The number of hydrogen-bond donors (Lipinski definition) is 1. The van der Waals surface area contributed by atoms with Crippen molar-refractivity contribution in [1.29, 1.82) is 0 Å². The van der Waals surface area contributed by atoms with Crippen LogP contribution in [-0.4, -0.2) is 5.91 Å². The molecule has 1 amide bonds. The number of primary amides is 1. The minimum absolute atomic E-state index is 0.00667. The normalized spacial score (nSPS) is 12.5. The Morgan fingerprint density at radius 1 is 1.00 bits per heavy atom. The van der Waals surface area contributed by atoms with Crippen molar-refractivity contribution in [3.05, 3.63) is 11.6 Å². The zero-order valence-corrected chi connectivity index (χ0v) is 9.56. The van der Waals surface area contributed by atoms with Gasteiger partial charge in [0.25, 0.3) is 0 Å². The van der Waals surface area contributed by atoms with Crippen LogP contribution in [0.15, 0.2) is 11.6 Å². The fraction of sp³-hybridized carbons (Fsp3) is 0.727. The van der Waals surface area contributed by atoms with E-state index in [0.717, 1.165) is 5.57 Å². The van der Waals surface area contributed by atoms with Crippen LogP contribution in [0.25, 0.3) is 0 Å². The summed E-state index contributed by atoms with van der Waals surface area (Å²) in [7, 11) is 0. The Hall–Kier alpha value is -0.790. The van der Waals surface area contributed by atoms with E-state index in [4.69, 9.17) is 5.73 Å². The zero-order chi connectivity index (χ0) is 10.9. The first-order valence-electron chi connectivity index (χ1n) is 4.57. The summed E-state index contributed by atoms with van der Waals surface area (Å²) < 4.78 is 0. The van der Waals surface area contributed by atoms with E-state index in [9.17, 15) is 4.79 Å². The fourth-order valence-corrected chi connectivity index (χ4v) is 1.70. The van der Waals surface area contributed by atoms with Gasteiger partial charge in [-0.15, -0.1) is 0 Å². The molecule has 0 radical (unpaired) electrons. The molecule has 0 unspecified atom stereocenters. The van der Waals surface area contributed by atoms with Crippen LogP contribution in [0.4, 0.5) is 0 Å². The van der Waals surface area contributed by atoms with Gasteiger partial charge in [-0.2, -0.15) is 0 Å². The van der Waals surface area contributed by atoms with Crippen molar-refractivity contribution < 1.29 is 4.79 Å². The van der Waals surface area contributed by atoms with Crippen LogP contribution >= 0.6 is 0 Å².